The molecular formula is C15H19BN2O4. The summed E-state index contributed by atoms with van der Waals surface area (Å²) in [5.41, 5.74) is 1.59. The molecule has 22 heavy (non-hydrogen) atoms. The lowest BCUT2D eigenvalue weighted by atomic mass is 9.76. The van der Waals surface area contributed by atoms with Crippen molar-refractivity contribution in [2.45, 2.75) is 25.2 Å². The van der Waals surface area contributed by atoms with Crippen LogP contribution in [0.25, 0.3) is 11.0 Å². The van der Waals surface area contributed by atoms with Crippen LogP contribution in [0.4, 0.5) is 4.79 Å². The van der Waals surface area contributed by atoms with Gasteiger partial charge in [0.25, 0.3) is 0 Å². The summed E-state index contributed by atoms with van der Waals surface area (Å²) in [5.74, 6) is -0.769. The van der Waals surface area contributed by atoms with E-state index in [1.54, 1.807) is 11.2 Å². The normalized spacial score (nSPS) is 16.0. The number of furan rings is 1. The number of benzene rings is 1. The van der Waals surface area contributed by atoms with Crippen LogP contribution < -0.4 is 5.32 Å². The van der Waals surface area contributed by atoms with Crippen LogP contribution in [0.3, 0.4) is 0 Å². The second-order valence-electron chi connectivity index (χ2n) is 5.62. The van der Waals surface area contributed by atoms with Gasteiger partial charge in [-0.2, -0.15) is 0 Å². The van der Waals surface area contributed by atoms with E-state index in [-0.39, 0.29) is 6.03 Å². The van der Waals surface area contributed by atoms with Gasteiger partial charge in [-0.15, -0.1) is 0 Å². The van der Waals surface area contributed by atoms with Crippen molar-refractivity contribution in [2.24, 2.45) is 0 Å². The zero-order chi connectivity index (χ0) is 15.5. The summed E-state index contributed by atoms with van der Waals surface area (Å²) < 4.78 is 5.45. The third kappa shape index (κ3) is 3.10. The van der Waals surface area contributed by atoms with Crippen LogP contribution in [-0.4, -0.2) is 47.1 Å². The van der Waals surface area contributed by atoms with Crippen molar-refractivity contribution in [1.82, 2.24) is 10.2 Å². The van der Waals surface area contributed by atoms with E-state index in [1.807, 2.05) is 24.3 Å². The van der Waals surface area contributed by atoms with E-state index < -0.39 is 13.1 Å². The van der Waals surface area contributed by atoms with Crippen LogP contribution in [0.15, 0.2) is 34.9 Å². The highest BCUT2D eigenvalue weighted by Gasteiger charge is 2.29. The highest BCUT2D eigenvalue weighted by atomic mass is 16.4. The van der Waals surface area contributed by atoms with Crippen LogP contribution >= 0.6 is 0 Å². The van der Waals surface area contributed by atoms with Gasteiger partial charge in [-0.05, 0) is 30.9 Å². The van der Waals surface area contributed by atoms with Crippen LogP contribution in [0.5, 0.6) is 0 Å². The van der Waals surface area contributed by atoms with Crippen LogP contribution in [-0.2, 0) is 6.42 Å². The van der Waals surface area contributed by atoms with E-state index in [9.17, 15) is 14.8 Å². The number of hydrogen-bond donors (Lipinski definition) is 3. The van der Waals surface area contributed by atoms with E-state index in [0.717, 1.165) is 29.4 Å². The monoisotopic (exact) mass is 302 g/mol. The molecule has 1 unspecified atom stereocenters. The Morgan fingerprint density at radius 3 is 2.77 bits per heavy atom. The van der Waals surface area contributed by atoms with Gasteiger partial charge in [0, 0.05) is 18.5 Å². The Kier molecular flexibility index (Phi) is 4.35. The van der Waals surface area contributed by atoms with Crippen molar-refractivity contribution in [1.29, 1.82) is 0 Å². The van der Waals surface area contributed by atoms with E-state index in [1.165, 1.54) is 0 Å². The summed E-state index contributed by atoms with van der Waals surface area (Å²) in [6.07, 6.45) is 3.88. The second kappa shape index (κ2) is 6.42. The van der Waals surface area contributed by atoms with Crippen LogP contribution in [0.2, 0.25) is 0 Å². The molecule has 2 heterocycles. The first-order valence-electron chi connectivity index (χ1n) is 7.52. The van der Waals surface area contributed by atoms with Crippen molar-refractivity contribution >= 4 is 24.1 Å². The summed E-state index contributed by atoms with van der Waals surface area (Å²) >= 11 is 0. The van der Waals surface area contributed by atoms with Crippen molar-refractivity contribution in [3.8, 4) is 0 Å². The molecule has 1 aromatic heterocycles. The first kappa shape index (κ1) is 14.9. The zero-order valence-corrected chi connectivity index (χ0v) is 12.2. The number of likely N-dealkylation sites (tertiary alicyclic amines) is 1. The molecule has 2 amide bonds. The quantitative estimate of drug-likeness (QED) is 0.740. The fourth-order valence-corrected chi connectivity index (χ4v) is 2.83. The lowest BCUT2D eigenvalue weighted by Gasteiger charge is -2.22. The van der Waals surface area contributed by atoms with Gasteiger partial charge < -0.3 is 24.7 Å². The van der Waals surface area contributed by atoms with E-state index in [2.05, 4.69) is 5.32 Å². The number of carbonyl (C=O) groups is 1. The SMILES string of the molecule is O=C(NC(Cc1coc2ccccc12)B(O)O)N1CCCC1. The molecule has 0 radical (unpaired) electrons. The van der Waals surface area contributed by atoms with Gasteiger partial charge in [0.15, 0.2) is 0 Å². The standard InChI is InChI=1S/C15H19BN2O4/c19-15(18-7-3-4-8-18)17-14(16(20)21)9-11-10-22-13-6-2-1-5-12(11)13/h1-2,5-6,10,14,20-21H,3-4,7-9H2,(H,17,19). The minimum atomic E-state index is -1.62. The molecule has 0 saturated carbocycles. The first-order valence-corrected chi connectivity index (χ1v) is 7.52. The fourth-order valence-electron chi connectivity index (χ4n) is 2.83. The molecule has 1 atom stereocenters. The van der Waals surface area contributed by atoms with E-state index >= 15 is 0 Å². The lowest BCUT2D eigenvalue weighted by molar-refractivity contribution is 0.205. The predicted molar refractivity (Wildman–Crippen MR) is 83.2 cm³/mol. The molecule has 116 valence electrons. The predicted octanol–water partition coefficient (Wildman–Crippen LogP) is 1.16. The maximum Gasteiger partial charge on any atom is 0.475 e. The number of nitrogens with one attached hydrogen (secondary N) is 1. The molecule has 3 N–H and O–H groups in total. The molecule has 6 nitrogen and oxygen atoms in total. The molecule has 7 heteroatoms. The van der Waals surface area contributed by atoms with Gasteiger partial charge in [0.2, 0.25) is 0 Å². The van der Waals surface area contributed by atoms with Crippen molar-refractivity contribution in [3.05, 3.63) is 36.1 Å². The van der Waals surface area contributed by atoms with Crippen molar-refractivity contribution in [3.63, 3.8) is 0 Å². The average Bonchev–Trinajstić information content (AvgIpc) is 3.16. The number of urea groups is 1. The Morgan fingerprint density at radius 1 is 1.32 bits per heavy atom. The molecule has 0 bridgehead atoms. The summed E-state index contributed by atoms with van der Waals surface area (Å²) in [5, 5.41) is 22.8. The van der Waals surface area contributed by atoms with Gasteiger partial charge >= 0.3 is 13.1 Å². The number of carbonyl (C=O) groups excluding carboxylic acids is 1. The molecule has 1 aliphatic rings. The number of fused-ring (bicyclic) bond motifs is 1. The molecule has 1 fully saturated rings. The van der Waals surface area contributed by atoms with Gasteiger partial charge in [-0.25, -0.2) is 4.79 Å². The Hall–Kier alpha value is -1.99. The molecule has 1 aliphatic heterocycles. The minimum Gasteiger partial charge on any atom is -0.464 e. The van der Waals surface area contributed by atoms with Crippen LogP contribution in [0, 0.1) is 0 Å². The molecule has 1 saturated heterocycles. The second-order valence-corrected chi connectivity index (χ2v) is 5.62. The topological polar surface area (TPSA) is 85.9 Å². The molecule has 1 aromatic carbocycles. The Morgan fingerprint density at radius 2 is 2.05 bits per heavy atom. The highest BCUT2D eigenvalue weighted by Crippen LogP contribution is 2.22. The van der Waals surface area contributed by atoms with Crippen molar-refractivity contribution < 1.29 is 19.3 Å². The van der Waals surface area contributed by atoms with Crippen molar-refractivity contribution in [2.75, 3.05) is 13.1 Å². The maximum absolute atomic E-state index is 12.1. The van der Waals surface area contributed by atoms with Gasteiger partial charge in [-0.3, -0.25) is 0 Å². The number of hydrogen-bond acceptors (Lipinski definition) is 4. The first-order chi connectivity index (χ1) is 10.6. The minimum absolute atomic E-state index is 0.247. The number of rotatable bonds is 4. The smallest absolute Gasteiger partial charge is 0.464 e. The molecule has 2 aromatic rings. The third-order valence-electron chi connectivity index (χ3n) is 4.06. The number of para-hydroxylation sites is 1. The highest BCUT2D eigenvalue weighted by molar-refractivity contribution is 6.43. The van der Waals surface area contributed by atoms with Gasteiger partial charge in [-0.1, -0.05) is 18.2 Å². The lowest BCUT2D eigenvalue weighted by Crippen LogP contribution is -2.51. The molecule has 3 rings (SSSR count). The van der Waals surface area contributed by atoms with Crippen LogP contribution in [0.1, 0.15) is 18.4 Å². The largest absolute Gasteiger partial charge is 0.475 e. The van der Waals surface area contributed by atoms with Gasteiger partial charge in [0.1, 0.15) is 5.58 Å². The number of nitrogens with zero attached hydrogens (tertiary/aromatic N) is 1. The Bertz CT molecular complexity index is 652. The molecule has 0 aliphatic carbocycles. The number of amides is 2. The van der Waals surface area contributed by atoms with E-state index in [0.29, 0.717) is 19.5 Å². The molecule has 0 spiro atoms. The average molecular weight is 302 g/mol. The fraction of sp³-hybridized carbons (Fsp3) is 0.400. The summed E-state index contributed by atoms with van der Waals surface area (Å²) in [7, 11) is -1.62. The third-order valence-corrected chi connectivity index (χ3v) is 4.06. The maximum atomic E-state index is 12.1. The zero-order valence-electron chi connectivity index (χ0n) is 12.2. The van der Waals surface area contributed by atoms with E-state index in [4.69, 9.17) is 4.42 Å². The summed E-state index contributed by atoms with van der Waals surface area (Å²) in [6.45, 7) is 1.43. The summed E-state index contributed by atoms with van der Waals surface area (Å²) in [6, 6.07) is 7.30. The summed E-state index contributed by atoms with van der Waals surface area (Å²) in [4.78, 5) is 13.8. The van der Waals surface area contributed by atoms with Gasteiger partial charge in [0.05, 0.1) is 12.2 Å². The Labute approximate surface area is 128 Å². The molecular weight excluding hydrogens is 283 g/mol. The Balaban J connectivity index is 1.72.